The lowest BCUT2D eigenvalue weighted by atomic mass is 9.49. The van der Waals surface area contributed by atoms with Gasteiger partial charge in [-0.15, -0.1) is 0 Å². The lowest BCUT2D eigenvalue weighted by molar-refractivity contribution is -0.205. The fourth-order valence-electron chi connectivity index (χ4n) is 6.92. The molecule has 8 atom stereocenters. The zero-order valence-electron chi connectivity index (χ0n) is 24.7. The van der Waals surface area contributed by atoms with Gasteiger partial charge in [-0.05, 0) is 45.7 Å². The Kier molecular flexibility index (Phi) is 8.35. The van der Waals surface area contributed by atoms with Gasteiger partial charge in [0.1, 0.15) is 11.9 Å². The average molecular weight is 601 g/mol. The van der Waals surface area contributed by atoms with Crippen molar-refractivity contribution in [3.8, 4) is 5.75 Å². The molecular weight excluding hydrogens is 564 g/mol. The van der Waals surface area contributed by atoms with E-state index in [1.54, 1.807) is 25.9 Å². The summed E-state index contributed by atoms with van der Waals surface area (Å²) < 4.78 is 5.77. The predicted molar refractivity (Wildman–Crippen MR) is 149 cm³/mol. The first-order chi connectivity index (χ1) is 20.0. The number of aliphatic hydroxyl groups is 1. The van der Waals surface area contributed by atoms with E-state index in [4.69, 9.17) is 10.5 Å². The van der Waals surface area contributed by atoms with Gasteiger partial charge in [-0.1, -0.05) is 19.9 Å². The Labute approximate surface area is 247 Å². The number of aromatic hydroxyl groups is 1. The molecule has 0 saturated heterocycles. The van der Waals surface area contributed by atoms with Crippen molar-refractivity contribution < 1.29 is 48.5 Å². The standard InChI is InChI=1S/C29H36N4O10/c1-7-15(35)43-25-16-11(2)12-8-9-13(31-14(34)10-32(3)4)22(36)17(12)23(37)18(16)26(39)29(42)20(25)21(33(5)6)24(38)19(27(29)40)28(30)41/h8-9,11,16,18-21,25,36,42H,7,10H2,1-6H3,(H2,30,41)(H,31,34)/t11-,16+,18?,19?,20+,21-,25-,29-/m0/s1. The number of nitrogens with one attached hydrogen (secondary N) is 1. The number of phenols is 1. The summed E-state index contributed by atoms with van der Waals surface area (Å²) in [5.74, 6) is -15.6. The second-order valence-corrected chi connectivity index (χ2v) is 11.9. The minimum atomic E-state index is -3.11. The Morgan fingerprint density at radius 2 is 1.70 bits per heavy atom. The van der Waals surface area contributed by atoms with Crippen LogP contribution in [-0.2, 0) is 33.5 Å². The summed E-state index contributed by atoms with van der Waals surface area (Å²) in [6, 6.07) is 1.42. The highest BCUT2D eigenvalue weighted by Crippen LogP contribution is 2.56. The van der Waals surface area contributed by atoms with Crippen LogP contribution in [0.3, 0.4) is 0 Å². The fourth-order valence-corrected chi connectivity index (χ4v) is 6.92. The molecule has 2 amide bonds. The maximum absolute atomic E-state index is 14.3. The molecule has 2 saturated carbocycles. The highest BCUT2D eigenvalue weighted by atomic mass is 16.5. The van der Waals surface area contributed by atoms with Crippen molar-refractivity contribution in [1.29, 1.82) is 0 Å². The van der Waals surface area contributed by atoms with Crippen LogP contribution in [0.5, 0.6) is 5.75 Å². The summed E-state index contributed by atoms with van der Waals surface area (Å²) in [5, 5.41) is 25.7. The number of carbonyl (C=O) groups is 7. The number of phenolic OH excluding ortho intramolecular Hbond substituents is 1. The SMILES string of the molecule is CCC(=O)O[C@H]1[C@H]2C(C(=O)c3c(ccc(NC(=O)CN(C)C)c3O)[C@@H]2C)C(=O)[C@]2(O)C(=O)C(C(N)=O)C(=O)[C@@H](N(C)C)[C@H]12. The van der Waals surface area contributed by atoms with E-state index in [1.165, 1.54) is 38.1 Å². The highest BCUT2D eigenvalue weighted by Gasteiger charge is 2.74. The lowest BCUT2D eigenvalue weighted by Gasteiger charge is -2.56. The third kappa shape index (κ3) is 4.82. The number of Topliss-reactive ketones (excluding diaryl/α,β-unsaturated/α-hetero) is 4. The van der Waals surface area contributed by atoms with E-state index >= 15 is 0 Å². The number of fused-ring (bicyclic) bond motifs is 3. The summed E-state index contributed by atoms with van der Waals surface area (Å²) in [6.07, 6.45) is -1.65. The van der Waals surface area contributed by atoms with Crippen molar-refractivity contribution in [3.05, 3.63) is 23.3 Å². The van der Waals surface area contributed by atoms with Gasteiger partial charge in [-0.25, -0.2) is 0 Å². The number of benzene rings is 1. The van der Waals surface area contributed by atoms with Crippen LogP contribution in [0.15, 0.2) is 12.1 Å². The van der Waals surface area contributed by atoms with E-state index in [2.05, 4.69) is 5.32 Å². The first-order valence-electron chi connectivity index (χ1n) is 13.8. The number of esters is 1. The zero-order chi connectivity index (χ0) is 32.3. The van der Waals surface area contributed by atoms with E-state index in [9.17, 15) is 43.8 Å². The first-order valence-corrected chi connectivity index (χ1v) is 13.8. The molecule has 2 fully saturated rings. The van der Waals surface area contributed by atoms with Gasteiger partial charge in [-0.3, -0.25) is 38.5 Å². The summed E-state index contributed by atoms with van der Waals surface area (Å²) in [7, 11) is 6.19. The quantitative estimate of drug-likeness (QED) is 0.166. The van der Waals surface area contributed by atoms with Crippen molar-refractivity contribution in [2.24, 2.45) is 29.4 Å². The molecule has 0 spiro atoms. The number of primary amides is 1. The van der Waals surface area contributed by atoms with E-state index < -0.39 is 94.0 Å². The monoisotopic (exact) mass is 600 g/mol. The second-order valence-electron chi connectivity index (χ2n) is 11.9. The molecule has 0 radical (unpaired) electrons. The molecule has 0 aromatic heterocycles. The number of rotatable bonds is 7. The normalized spacial score (nSPS) is 31.8. The van der Waals surface area contributed by atoms with Crippen LogP contribution in [0, 0.1) is 23.7 Å². The lowest BCUT2D eigenvalue weighted by Crippen LogP contribution is -2.78. The molecule has 14 heteroatoms. The molecule has 0 heterocycles. The van der Waals surface area contributed by atoms with Crippen molar-refractivity contribution >= 4 is 46.6 Å². The van der Waals surface area contributed by atoms with Gasteiger partial charge in [0.2, 0.25) is 11.8 Å². The zero-order valence-corrected chi connectivity index (χ0v) is 24.7. The molecule has 3 aliphatic rings. The summed E-state index contributed by atoms with van der Waals surface area (Å²) in [6.45, 7) is 3.09. The summed E-state index contributed by atoms with van der Waals surface area (Å²) in [5.41, 5.74) is 2.14. The fraction of sp³-hybridized carbons (Fsp3) is 0.552. The summed E-state index contributed by atoms with van der Waals surface area (Å²) in [4.78, 5) is 95.9. The number of nitrogens with zero attached hydrogens (tertiary/aromatic N) is 2. The third-order valence-corrected chi connectivity index (χ3v) is 8.75. The van der Waals surface area contributed by atoms with E-state index in [0.29, 0.717) is 0 Å². The molecule has 5 N–H and O–H groups in total. The van der Waals surface area contributed by atoms with Gasteiger partial charge in [-0.2, -0.15) is 0 Å². The topological polar surface area (TPSA) is 214 Å². The van der Waals surface area contributed by atoms with Gasteiger partial charge in [0.15, 0.2) is 34.7 Å². The average Bonchev–Trinajstić information content (AvgIpc) is 2.90. The second kappa shape index (κ2) is 11.2. The van der Waals surface area contributed by atoms with Crippen LogP contribution in [-0.4, -0.2) is 113 Å². The molecule has 1 aromatic carbocycles. The molecule has 43 heavy (non-hydrogen) atoms. The van der Waals surface area contributed by atoms with Crippen LogP contribution in [0.1, 0.15) is 42.1 Å². The Morgan fingerprint density at radius 3 is 2.23 bits per heavy atom. The minimum Gasteiger partial charge on any atom is -0.505 e. The Morgan fingerprint density at radius 1 is 1.07 bits per heavy atom. The van der Waals surface area contributed by atoms with Crippen LogP contribution in [0.2, 0.25) is 0 Å². The minimum absolute atomic E-state index is 0.0299. The van der Waals surface area contributed by atoms with E-state index in [1.807, 2.05) is 0 Å². The number of carbonyl (C=O) groups excluding carboxylic acids is 7. The Bertz CT molecular complexity index is 1440. The largest absolute Gasteiger partial charge is 0.505 e. The first kappa shape index (κ1) is 31.9. The van der Waals surface area contributed by atoms with E-state index in [-0.39, 0.29) is 29.8 Å². The molecule has 1 aromatic rings. The van der Waals surface area contributed by atoms with Crippen molar-refractivity contribution in [3.63, 3.8) is 0 Å². The molecule has 232 valence electrons. The number of hydrogen-bond donors (Lipinski definition) is 4. The highest BCUT2D eigenvalue weighted by molar-refractivity contribution is 6.32. The molecule has 0 bridgehead atoms. The number of anilines is 1. The molecule has 0 aliphatic heterocycles. The number of likely N-dealkylation sites (N-methyl/N-ethyl adjacent to an activating group) is 2. The van der Waals surface area contributed by atoms with Gasteiger partial charge in [0.05, 0.1) is 35.7 Å². The van der Waals surface area contributed by atoms with Crippen LogP contribution in [0.25, 0.3) is 0 Å². The van der Waals surface area contributed by atoms with Gasteiger partial charge < -0.3 is 30.9 Å². The van der Waals surface area contributed by atoms with Crippen LogP contribution in [0.4, 0.5) is 5.69 Å². The molecule has 14 nitrogen and oxygen atoms in total. The maximum Gasteiger partial charge on any atom is 0.305 e. The maximum atomic E-state index is 14.3. The number of ether oxygens (including phenoxy) is 1. The van der Waals surface area contributed by atoms with Gasteiger partial charge >= 0.3 is 5.97 Å². The number of nitrogens with two attached hydrogens (primary N) is 1. The Hall–Kier alpha value is -4.01. The molecule has 2 unspecified atom stereocenters. The Balaban J connectivity index is 1.95. The predicted octanol–water partition coefficient (Wildman–Crippen LogP) is -1.14. The smallest absolute Gasteiger partial charge is 0.305 e. The molecule has 3 aliphatic carbocycles. The van der Waals surface area contributed by atoms with Crippen LogP contribution < -0.4 is 11.1 Å². The van der Waals surface area contributed by atoms with Gasteiger partial charge in [0.25, 0.3) is 0 Å². The number of ketones is 4. The van der Waals surface area contributed by atoms with Crippen molar-refractivity contribution in [2.75, 3.05) is 40.1 Å². The summed E-state index contributed by atoms with van der Waals surface area (Å²) >= 11 is 0. The third-order valence-electron chi connectivity index (χ3n) is 8.75. The van der Waals surface area contributed by atoms with Gasteiger partial charge in [0, 0.05) is 12.3 Å². The van der Waals surface area contributed by atoms with Crippen molar-refractivity contribution in [1.82, 2.24) is 9.80 Å². The number of amides is 2. The van der Waals surface area contributed by atoms with Crippen molar-refractivity contribution in [2.45, 2.75) is 43.9 Å². The molecular formula is C29H36N4O10. The molecule has 4 rings (SSSR count). The number of hydrogen-bond acceptors (Lipinski definition) is 12. The van der Waals surface area contributed by atoms with E-state index in [0.717, 1.165) is 0 Å². The van der Waals surface area contributed by atoms with Crippen LogP contribution >= 0.6 is 0 Å².